The Morgan fingerprint density at radius 2 is 1.83 bits per heavy atom. The minimum Gasteiger partial charge on any atom is -0.455 e. The van der Waals surface area contributed by atoms with Gasteiger partial charge in [-0.3, -0.25) is 9.59 Å². The molecule has 0 aliphatic carbocycles. The number of para-hydroxylation sites is 2. The monoisotopic (exact) mass is 424 g/mol. The highest BCUT2D eigenvalue weighted by molar-refractivity contribution is 8.01. The molecule has 3 aromatic carbocycles. The predicted octanol–water partition coefficient (Wildman–Crippen LogP) is 5.57. The van der Waals surface area contributed by atoms with Crippen molar-refractivity contribution in [3.8, 4) is 11.5 Å². The molecule has 0 unspecified atom stereocenters. The summed E-state index contributed by atoms with van der Waals surface area (Å²) in [6, 6.07) is 21.8. The number of anilines is 2. The molecule has 0 aromatic heterocycles. The number of fused-ring (bicyclic) bond motifs is 1. The van der Waals surface area contributed by atoms with Gasteiger partial charge in [0.2, 0.25) is 11.8 Å². The molecule has 0 radical (unpaired) electrons. The maximum atomic E-state index is 12.7. The molecule has 5 nitrogen and oxygen atoms in total. The van der Waals surface area contributed by atoms with Gasteiger partial charge in [-0.1, -0.05) is 41.9 Å². The average Bonchev–Trinajstić information content (AvgIpc) is 2.71. The number of hydrogen-bond donors (Lipinski definition) is 2. The number of benzene rings is 3. The first-order chi connectivity index (χ1) is 14.1. The van der Waals surface area contributed by atoms with Gasteiger partial charge in [0.05, 0.1) is 16.6 Å². The second-order valence-electron chi connectivity index (χ2n) is 6.40. The van der Waals surface area contributed by atoms with Gasteiger partial charge < -0.3 is 15.4 Å². The van der Waals surface area contributed by atoms with Crippen LogP contribution in [0, 0.1) is 0 Å². The highest BCUT2D eigenvalue weighted by Crippen LogP contribution is 2.37. The number of carbonyl (C=O) groups excluding carboxylic acids is 2. The molecule has 0 saturated carbocycles. The minimum absolute atomic E-state index is 0.0299. The maximum absolute atomic E-state index is 12.7. The van der Waals surface area contributed by atoms with Crippen molar-refractivity contribution in [3.63, 3.8) is 0 Å². The molecule has 7 heteroatoms. The van der Waals surface area contributed by atoms with Crippen LogP contribution in [0.2, 0.25) is 5.02 Å². The molecule has 1 heterocycles. The van der Waals surface area contributed by atoms with Gasteiger partial charge >= 0.3 is 0 Å². The van der Waals surface area contributed by atoms with Crippen LogP contribution in [0.4, 0.5) is 11.4 Å². The van der Waals surface area contributed by atoms with Crippen molar-refractivity contribution in [1.82, 2.24) is 0 Å². The summed E-state index contributed by atoms with van der Waals surface area (Å²) in [4.78, 5) is 25.9. The number of thioether (sulfide) groups is 1. The third-order valence-corrected chi connectivity index (χ3v) is 5.77. The van der Waals surface area contributed by atoms with Crippen LogP contribution in [-0.2, 0) is 9.59 Å². The first kappa shape index (κ1) is 19.4. The fourth-order valence-corrected chi connectivity index (χ4v) is 4.18. The Morgan fingerprint density at radius 1 is 1.07 bits per heavy atom. The molecule has 2 N–H and O–H groups in total. The normalized spacial score (nSPS) is 15.2. The molecule has 3 aromatic rings. The zero-order chi connectivity index (χ0) is 20.2. The van der Waals surface area contributed by atoms with Gasteiger partial charge in [0.1, 0.15) is 5.75 Å². The zero-order valence-corrected chi connectivity index (χ0v) is 16.8. The Hall–Kier alpha value is -2.96. The topological polar surface area (TPSA) is 67.4 Å². The van der Waals surface area contributed by atoms with Crippen molar-refractivity contribution in [1.29, 1.82) is 0 Å². The van der Waals surface area contributed by atoms with Gasteiger partial charge in [-0.25, -0.2) is 0 Å². The van der Waals surface area contributed by atoms with Crippen LogP contribution in [0.5, 0.6) is 11.5 Å². The van der Waals surface area contributed by atoms with E-state index in [1.165, 1.54) is 11.8 Å². The summed E-state index contributed by atoms with van der Waals surface area (Å²) in [5.74, 6) is 0.636. The Kier molecular flexibility index (Phi) is 5.74. The van der Waals surface area contributed by atoms with Crippen molar-refractivity contribution in [2.75, 3.05) is 10.6 Å². The summed E-state index contributed by atoms with van der Waals surface area (Å²) in [5, 5.41) is 5.63. The Balaban J connectivity index is 1.47. The van der Waals surface area contributed by atoms with E-state index in [1.54, 1.807) is 18.2 Å². The summed E-state index contributed by atoms with van der Waals surface area (Å²) in [7, 11) is 0. The fraction of sp³-hybridized carbons (Fsp3) is 0.0909. The Bertz CT molecular complexity index is 1060. The van der Waals surface area contributed by atoms with E-state index >= 15 is 0 Å². The average molecular weight is 425 g/mol. The van der Waals surface area contributed by atoms with E-state index in [9.17, 15) is 9.59 Å². The minimum atomic E-state index is -0.512. The standard InChI is InChI=1S/C22H17ClN2O3S/c23-14-10-11-18(28-15-6-2-1-3-7-15)17(12-14)24-21(26)13-20-22(27)25-16-8-4-5-9-19(16)29-20/h1-12,20H,13H2,(H,24,26)(H,25,27)/t20-/m0/s1. The summed E-state index contributed by atoms with van der Waals surface area (Å²) in [6.45, 7) is 0. The van der Waals surface area contributed by atoms with Gasteiger partial charge in [-0.15, -0.1) is 11.8 Å². The molecule has 1 aliphatic rings. The van der Waals surface area contributed by atoms with E-state index in [-0.39, 0.29) is 18.2 Å². The van der Waals surface area contributed by atoms with Crippen LogP contribution in [0.15, 0.2) is 77.7 Å². The molecule has 1 aliphatic heterocycles. The van der Waals surface area contributed by atoms with Crippen LogP contribution < -0.4 is 15.4 Å². The predicted molar refractivity (Wildman–Crippen MR) is 116 cm³/mol. The van der Waals surface area contributed by atoms with Crippen molar-refractivity contribution >= 4 is 46.6 Å². The lowest BCUT2D eigenvalue weighted by molar-refractivity contribution is -0.120. The van der Waals surface area contributed by atoms with Crippen LogP contribution in [0.25, 0.3) is 0 Å². The molecule has 0 bridgehead atoms. The Morgan fingerprint density at radius 3 is 2.66 bits per heavy atom. The lowest BCUT2D eigenvalue weighted by Gasteiger charge is -2.23. The number of ether oxygens (including phenoxy) is 1. The van der Waals surface area contributed by atoms with Gasteiger partial charge in [0.25, 0.3) is 0 Å². The molecule has 4 rings (SSSR count). The lowest BCUT2D eigenvalue weighted by Crippen LogP contribution is -2.32. The van der Waals surface area contributed by atoms with E-state index in [2.05, 4.69) is 10.6 Å². The van der Waals surface area contributed by atoms with E-state index in [0.717, 1.165) is 10.6 Å². The second kappa shape index (κ2) is 8.59. The number of halogens is 1. The number of rotatable bonds is 5. The van der Waals surface area contributed by atoms with Crippen LogP contribution in [-0.4, -0.2) is 17.1 Å². The quantitative estimate of drug-likeness (QED) is 0.561. The van der Waals surface area contributed by atoms with Gasteiger partial charge in [-0.2, -0.15) is 0 Å². The van der Waals surface area contributed by atoms with E-state index in [1.807, 2.05) is 54.6 Å². The van der Waals surface area contributed by atoms with Crippen LogP contribution >= 0.6 is 23.4 Å². The largest absolute Gasteiger partial charge is 0.455 e. The van der Waals surface area contributed by atoms with E-state index in [4.69, 9.17) is 16.3 Å². The van der Waals surface area contributed by atoms with E-state index in [0.29, 0.717) is 22.2 Å². The number of carbonyl (C=O) groups is 2. The maximum Gasteiger partial charge on any atom is 0.238 e. The lowest BCUT2D eigenvalue weighted by atomic mass is 10.2. The molecule has 0 spiro atoms. The first-order valence-electron chi connectivity index (χ1n) is 8.97. The number of nitrogens with one attached hydrogen (secondary N) is 2. The van der Waals surface area contributed by atoms with Crippen LogP contribution in [0.1, 0.15) is 6.42 Å². The third kappa shape index (κ3) is 4.72. The molecule has 29 heavy (non-hydrogen) atoms. The summed E-state index contributed by atoms with van der Waals surface area (Å²) in [5.41, 5.74) is 1.22. The Labute approximate surface area is 177 Å². The molecular weight excluding hydrogens is 408 g/mol. The van der Waals surface area contributed by atoms with Crippen molar-refractivity contribution < 1.29 is 14.3 Å². The molecule has 146 valence electrons. The van der Waals surface area contributed by atoms with Crippen molar-refractivity contribution in [2.24, 2.45) is 0 Å². The van der Waals surface area contributed by atoms with E-state index < -0.39 is 5.25 Å². The fourth-order valence-electron chi connectivity index (χ4n) is 2.90. The summed E-state index contributed by atoms with van der Waals surface area (Å²) >= 11 is 7.48. The molecule has 0 fully saturated rings. The molecule has 0 saturated heterocycles. The van der Waals surface area contributed by atoms with Gasteiger partial charge in [0, 0.05) is 16.3 Å². The molecule has 2 amide bonds. The first-order valence-corrected chi connectivity index (χ1v) is 10.2. The second-order valence-corrected chi connectivity index (χ2v) is 8.08. The van der Waals surface area contributed by atoms with Crippen molar-refractivity contribution in [3.05, 3.63) is 77.8 Å². The van der Waals surface area contributed by atoms with Gasteiger partial charge in [-0.05, 0) is 42.5 Å². The third-order valence-electron chi connectivity index (χ3n) is 4.26. The summed E-state index contributed by atoms with van der Waals surface area (Å²) < 4.78 is 5.87. The summed E-state index contributed by atoms with van der Waals surface area (Å²) in [6.07, 6.45) is 0.0299. The zero-order valence-electron chi connectivity index (χ0n) is 15.2. The van der Waals surface area contributed by atoms with Crippen LogP contribution in [0.3, 0.4) is 0 Å². The molecule has 1 atom stereocenters. The van der Waals surface area contributed by atoms with Crippen molar-refractivity contribution in [2.45, 2.75) is 16.6 Å². The highest BCUT2D eigenvalue weighted by Gasteiger charge is 2.29. The number of amides is 2. The molecular formula is C22H17ClN2O3S. The smallest absolute Gasteiger partial charge is 0.238 e. The highest BCUT2D eigenvalue weighted by atomic mass is 35.5. The number of hydrogen-bond acceptors (Lipinski definition) is 4. The van der Waals surface area contributed by atoms with Gasteiger partial charge in [0.15, 0.2) is 5.75 Å². The SMILES string of the molecule is O=C(C[C@@H]1Sc2ccccc2NC1=O)Nc1cc(Cl)ccc1Oc1ccccc1.